The monoisotopic (exact) mass is 327 g/mol. The molecule has 0 bridgehead atoms. The second-order valence-electron chi connectivity index (χ2n) is 6.75. The Bertz CT molecular complexity index is 692. The maximum absolute atomic E-state index is 5.60. The van der Waals surface area contributed by atoms with Crippen molar-refractivity contribution in [2.75, 3.05) is 19.8 Å². The molecule has 5 heteroatoms. The fraction of sp³-hybridized carbons (Fsp3) is 0.526. The molecule has 1 N–H and O–H groups in total. The normalized spacial score (nSPS) is 19.0. The Morgan fingerprint density at radius 2 is 2.17 bits per heavy atom. The zero-order valence-corrected chi connectivity index (χ0v) is 14.2. The average molecular weight is 327 g/mol. The smallest absolute Gasteiger partial charge is 0.125 e. The van der Waals surface area contributed by atoms with Crippen LogP contribution in [0, 0.1) is 5.92 Å². The quantitative estimate of drug-likeness (QED) is 0.917. The molecule has 5 nitrogen and oxygen atoms in total. The van der Waals surface area contributed by atoms with Crippen molar-refractivity contribution in [1.82, 2.24) is 14.9 Å². The number of aromatic nitrogens is 2. The summed E-state index contributed by atoms with van der Waals surface area (Å²) < 4.78 is 13.3. The van der Waals surface area contributed by atoms with E-state index < -0.39 is 0 Å². The lowest BCUT2D eigenvalue weighted by Gasteiger charge is -2.30. The maximum Gasteiger partial charge on any atom is 0.125 e. The van der Waals surface area contributed by atoms with Crippen LogP contribution in [-0.2, 0) is 24.8 Å². The van der Waals surface area contributed by atoms with E-state index in [-0.39, 0.29) is 6.04 Å². The molecular weight excluding hydrogens is 302 g/mol. The van der Waals surface area contributed by atoms with Gasteiger partial charge in [-0.2, -0.15) is 0 Å². The number of aryl methyl sites for hydroxylation is 1. The lowest BCUT2D eigenvalue weighted by atomic mass is 9.91. The van der Waals surface area contributed by atoms with Crippen molar-refractivity contribution in [3.8, 4) is 5.75 Å². The molecule has 1 atom stereocenters. The molecule has 0 aliphatic carbocycles. The van der Waals surface area contributed by atoms with E-state index in [0.717, 1.165) is 57.2 Å². The van der Waals surface area contributed by atoms with Crippen molar-refractivity contribution < 1.29 is 9.47 Å². The van der Waals surface area contributed by atoms with Gasteiger partial charge in [-0.1, -0.05) is 12.1 Å². The van der Waals surface area contributed by atoms with Gasteiger partial charge in [-0.15, -0.1) is 0 Å². The van der Waals surface area contributed by atoms with Crippen molar-refractivity contribution in [1.29, 1.82) is 0 Å². The van der Waals surface area contributed by atoms with Crippen molar-refractivity contribution in [3.63, 3.8) is 0 Å². The first-order valence-electron chi connectivity index (χ1n) is 8.84. The number of hydrogen-bond donors (Lipinski definition) is 1. The first-order valence-corrected chi connectivity index (χ1v) is 8.84. The Kier molecular flexibility index (Phi) is 4.54. The minimum Gasteiger partial charge on any atom is -0.493 e. The number of nitrogens with one attached hydrogen (secondary N) is 1. The van der Waals surface area contributed by atoms with Crippen molar-refractivity contribution in [3.05, 3.63) is 47.5 Å². The van der Waals surface area contributed by atoms with Gasteiger partial charge in [0.1, 0.15) is 11.6 Å². The fourth-order valence-electron chi connectivity index (χ4n) is 3.77. The Morgan fingerprint density at radius 1 is 1.29 bits per heavy atom. The lowest BCUT2D eigenvalue weighted by Crippen LogP contribution is -2.33. The highest BCUT2D eigenvalue weighted by Gasteiger charge is 2.28. The van der Waals surface area contributed by atoms with Gasteiger partial charge >= 0.3 is 0 Å². The average Bonchev–Trinajstić information content (AvgIpc) is 3.25. The van der Waals surface area contributed by atoms with Gasteiger partial charge < -0.3 is 19.4 Å². The zero-order valence-electron chi connectivity index (χ0n) is 14.2. The number of nitrogens with zero attached hydrogens (tertiary/aromatic N) is 2. The molecule has 2 aliphatic heterocycles. The third-order valence-corrected chi connectivity index (χ3v) is 5.15. The molecule has 3 heterocycles. The van der Waals surface area contributed by atoms with E-state index >= 15 is 0 Å². The van der Waals surface area contributed by atoms with Crippen molar-refractivity contribution in [2.45, 2.75) is 31.8 Å². The summed E-state index contributed by atoms with van der Waals surface area (Å²) in [7, 11) is 2.07. The van der Waals surface area contributed by atoms with Crippen LogP contribution in [-0.4, -0.2) is 29.4 Å². The third kappa shape index (κ3) is 3.19. The second kappa shape index (κ2) is 6.95. The van der Waals surface area contributed by atoms with Gasteiger partial charge in [-0.3, -0.25) is 0 Å². The number of hydrogen-bond acceptors (Lipinski definition) is 4. The maximum atomic E-state index is 5.60. The Hall–Kier alpha value is -1.85. The third-order valence-electron chi connectivity index (χ3n) is 5.15. The minimum absolute atomic E-state index is 0.262. The summed E-state index contributed by atoms with van der Waals surface area (Å²) in [4.78, 5) is 4.60. The molecule has 0 saturated carbocycles. The largest absolute Gasteiger partial charge is 0.493 e. The van der Waals surface area contributed by atoms with Crippen molar-refractivity contribution in [2.24, 2.45) is 13.0 Å². The minimum atomic E-state index is 0.262. The highest BCUT2D eigenvalue weighted by atomic mass is 16.5. The molecule has 24 heavy (non-hydrogen) atoms. The van der Waals surface area contributed by atoms with Crippen LogP contribution in [0.3, 0.4) is 0 Å². The van der Waals surface area contributed by atoms with Gasteiger partial charge in [0.15, 0.2) is 0 Å². The molecule has 128 valence electrons. The highest BCUT2D eigenvalue weighted by Crippen LogP contribution is 2.30. The number of fused-ring (bicyclic) bond motifs is 1. The van der Waals surface area contributed by atoms with E-state index in [4.69, 9.17) is 9.47 Å². The van der Waals surface area contributed by atoms with Crippen LogP contribution in [0.25, 0.3) is 0 Å². The van der Waals surface area contributed by atoms with Gasteiger partial charge in [-0.05, 0) is 36.0 Å². The van der Waals surface area contributed by atoms with Crippen LogP contribution in [0.4, 0.5) is 0 Å². The molecule has 4 rings (SSSR count). The van der Waals surface area contributed by atoms with Crippen LogP contribution in [0.1, 0.15) is 35.8 Å². The van der Waals surface area contributed by atoms with Crippen LogP contribution in [0.15, 0.2) is 30.6 Å². The van der Waals surface area contributed by atoms with Crippen LogP contribution < -0.4 is 10.1 Å². The summed E-state index contributed by atoms with van der Waals surface area (Å²) in [5, 5.41) is 3.76. The summed E-state index contributed by atoms with van der Waals surface area (Å²) in [6.45, 7) is 3.36. The molecule has 0 amide bonds. The van der Waals surface area contributed by atoms with E-state index in [1.165, 1.54) is 11.1 Å². The molecular formula is C19H25N3O2. The van der Waals surface area contributed by atoms with E-state index in [1.54, 1.807) is 0 Å². The SMILES string of the molecule is Cn1ccnc1[C@H](NCc1ccc2c(c1)CCO2)C1CCOCC1. The second-order valence-corrected chi connectivity index (χ2v) is 6.75. The molecule has 1 fully saturated rings. The number of imidazole rings is 1. The number of rotatable bonds is 5. The van der Waals surface area contributed by atoms with Gasteiger partial charge in [-0.25, -0.2) is 4.98 Å². The predicted octanol–water partition coefficient (Wildman–Crippen LogP) is 2.61. The van der Waals surface area contributed by atoms with Crippen LogP contribution in [0.2, 0.25) is 0 Å². The van der Waals surface area contributed by atoms with Gasteiger partial charge in [0.2, 0.25) is 0 Å². The highest BCUT2D eigenvalue weighted by molar-refractivity contribution is 5.39. The first-order chi connectivity index (χ1) is 11.8. The molecule has 1 aromatic heterocycles. The topological polar surface area (TPSA) is 48.3 Å². The zero-order chi connectivity index (χ0) is 16.4. The van der Waals surface area contributed by atoms with Gasteiger partial charge in [0.05, 0.1) is 12.6 Å². The lowest BCUT2D eigenvalue weighted by molar-refractivity contribution is 0.0518. The summed E-state index contributed by atoms with van der Waals surface area (Å²) in [6.07, 6.45) is 7.10. The molecule has 1 aromatic carbocycles. The molecule has 2 aliphatic rings. The van der Waals surface area contributed by atoms with Crippen LogP contribution in [0.5, 0.6) is 5.75 Å². The Balaban J connectivity index is 1.50. The molecule has 1 saturated heterocycles. The molecule has 0 radical (unpaired) electrons. The first kappa shape index (κ1) is 15.7. The number of ether oxygens (including phenoxy) is 2. The van der Waals surface area contributed by atoms with E-state index in [1.807, 2.05) is 12.4 Å². The predicted molar refractivity (Wildman–Crippen MR) is 92.0 cm³/mol. The number of benzene rings is 1. The summed E-state index contributed by atoms with van der Waals surface area (Å²) in [5.74, 6) is 2.73. The molecule has 0 unspecified atom stereocenters. The Labute approximate surface area is 143 Å². The Morgan fingerprint density at radius 3 is 2.96 bits per heavy atom. The van der Waals surface area contributed by atoms with Crippen LogP contribution >= 0.6 is 0 Å². The van der Waals surface area contributed by atoms with Crippen molar-refractivity contribution >= 4 is 0 Å². The van der Waals surface area contributed by atoms with Gasteiger partial charge in [0, 0.05) is 45.6 Å². The summed E-state index contributed by atoms with van der Waals surface area (Å²) >= 11 is 0. The van der Waals surface area contributed by atoms with Gasteiger partial charge in [0.25, 0.3) is 0 Å². The van der Waals surface area contributed by atoms with E-state index in [0.29, 0.717) is 5.92 Å². The fourth-order valence-corrected chi connectivity index (χ4v) is 3.77. The summed E-state index contributed by atoms with van der Waals surface area (Å²) in [6, 6.07) is 6.80. The summed E-state index contributed by atoms with van der Waals surface area (Å²) in [5.41, 5.74) is 2.64. The standard InChI is InChI=1S/C19H25N3O2/c1-22-8-7-20-19(22)18(15-4-9-23-10-5-15)21-13-14-2-3-17-16(12-14)6-11-24-17/h2-3,7-8,12,15,18,21H,4-6,9-11,13H2,1H3/t18-/m1/s1. The van der Waals surface area contributed by atoms with E-state index in [2.05, 4.69) is 40.1 Å². The van der Waals surface area contributed by atoms with E-state index in [9.17, 15) is 0 Å². The molecule has 2 aromatic rings. The molecule has 0 spiro atoms.